The van der Waals surface area contributed by atoms with E-state index in [1.165, 1.54) is 45.4 Å². The molecule has 23 heteroatoms. The zero-order valence-corrected chi connectivity index (χ0v) is 46.3. The van der Waals surface area contributed by atoms with Crippen LogP contribution >= 0.6 is 23.2 Å². The molecule has 8 rings (SSSR count). The van der Waals surface area contributed by atoms with Crippen LogP contribution in [0, 0.1) is 13.8 Å². The number of aromatic hydroxyl groups is 1. The van der Waals surface area contributed by atoms with Crippen LogP contribution in [-0.2, 0) is 20.2 Å². The monoisotopic (exact) mass is 1190 g/mol. The first-order chi connectivity index (χ1) is 34.2. The maximum absolute atomic E-state index is 13.3. The zero-order valence-electron chi connectivity index (χ0n) is 38.7. The predicted octanol–water partition coefficient (Wildman–Crippen LogP) is 11.0. The van der Waals surface area contributed by atoms with Crippen LogP contribution < -0.4 is 25.0 Å². The number of hydrogen-bond acceptors (Lipinski definition) is 15. The van der Waals surface area contributed by atoms with Gasteiger partial charge >= 0.3 is 48.9 Å². The summed E-state index contributed by atoms with van der Waals surface area (Å²) in [6, 6.07) is 35.2. The van der Waals surface area contributed by atoms with Crippen molar-refractivity contribution in [2.75, 3.05) is 19.5 Å². The van der Waals surface area contributed by atoms with Crippen LogP contribution in [0.25, 0.3) is 21.5 Å². The van der Waals surface area contributed by atoms with Crippen molar-refractivity contribution in [3.8, 4) is 23.0 Å². The Kier molecular flexibility index (Phi) is 18.1. The molecule has 0 aromatic heterocycles. The minimum Gasteiger partial charge on any atom is -0.871 e. The molecule has 0 bridgehead atoms. The number of methoxy groups -OCH3 is 2. The van der Waals surface area contributed by atoms with Crippen LogP contribution in [0.1, 0.15) is 27.0 Å². The number of benzene rings is 8. The second-order valence-electron chi connectivity index (χ2n) is 15.4. The minimum absolute atomic E-state index is 0. The van der Waals surface area contributed by atoms with Crippen LogP contribution in [0.2, 0.25) is 10.0 Å². The third-order valence-electron chi connectivity index (χ3n) is 10.6. The Morgan fingerprint density at radius 1 is 0.616 bits per heavy atom. The van der Waals surface area contributed by atoms with Crippen LogP contribution in [-0.4, -0.2) is 106 Å². The Bertz CT molecular complexity index is 3790. The molecule has 0 fully saturated rings. The summed E-state index contributed by atoms with van der Waals surface area (Å²) in [7, 11) is -6.31. The van der Waals surface area contributed by atoms with Crippen LogP contribution in [0.4, 0.5) is 34.1 Å². The fraction of sp³-hybridized carbons (Fsp3) is 0.0800. The number of halogens is 2. The molecule has 4 N–H and O–H groups in total. The molecule has 18 nitrogen and oxygen atoms in total. The third-order valence-corrected chi connectivity index (χ3v) is 13.6. The van der Waals surface area contributed by atoms with Crippen molar-refractivity contribution in [3.05, 3.63) is 166 Å². The van der Waals surface area contributed by atoms with Gasteiger partial charge in [0.1, 0.15) is 32.7 Å². The van der Waals surface area contributed by atoms with Crippen molar-refractivity contribution in [2.24, 2.45) is 25.4 Å². The molecule has 8 aromatic carbocycles. The SMILES string of the molecule is COc1ccccc1N=C([O-])c1cc2ccccc2c(N=Nc2cc(C)c(Cl)c(S(=O)(=O)O)c2)c1[O-].COc1ccccc1NC(=O)c1cc2ccccc2c(N=Nc2cc(C)c(Cl)c(S(=O)(=O)O)c2)c1O.[Ba+2]. The van der Waals surface area contributed by atoms with Gasteiger partial charge in [0.2, 0.25) is 0 Å². The van der Waals surface area contributed by atoms with Gasteiger partial charge in [0.15, 0.2) is 5.75 Å². The van der Waals surface area contributed by atoms with Crippen molar-refractivity contribution in [1.82, 2.24) is 0 Å². The molecular weight excluding hydrogens is 1150 g/mol. The number of aryl methyl sites for hydroxylation is 2. The van der Waals surface area contributed by atoms with E-state index in [0.29, 0.717) is 49.9 Å². The van der Waals surface area contributed by atoms with E-state index in [4.69, 9.17) is 32.7 Å². The van der Waals surface area contributed by atoms with Gasteiger partial charge in [-0.2, -0.15) is 32.2 Å². The van der Waals surface area contributed by atoms with Gasteiger partial charge < -0.3 is 30.1 Å². The van der Waals surface area contributed by atoms with Crippen LogP contribution in [0.5, 0.6) is 23.0 Å². The molecule has 73 heavy (non-hydrogen) atoms. The number of aliphatic imine (C=N–C) groups is 1. The van der Waals surface area contributed by atoms with Crippen molar-refractivity contribution < 1.29 is 55.5 Å². The Balaban J connectivity index is 0.000000235. The number of phenols is 1. The van der Waals surface area contributed by atoms with Crippen molar-refractivity contribution in [1.29, 1.82) is 0 Å². The van der Waals surface area contributed by atoms with Gasteiger partial charge in [0.25, 0.3) is 26.1 Å². The molecule has 0 aliphatic heterocycles. The summed E-state index contributed by atoms with van der Waals surface area (Å²) in [5.41, 5.74) is 1.03. The van der Waals surface area contributed by atoms with E-state index < -0.39 is 53.3 Å². The van der Waals surface area contributed by atoms with Crippen LogP contribution in [0.15, 0.2) is 169 Å². The molecule has 0 heterocycles. The van der Waals surface area contributed by atoms with E-state index in [2.05, 4.69) is 30.8 Å². The number of carbonyl (C=O) groups excluding carboxylic acids is 1. The summed E-state index contributed by atoms with van der Waals surface area (Å²) in [5, 5.41) is 58.1. The van der Waals surface area contributed by atoms with E-state index in [-0.39, 0.29) is 98.5 Å². The molecule has 368 valence electrons. The predicted molar refractivity (Wildman–Crippen MR) is 275 cm³/mol. The smallest absolute Gasteiger partial charge is 0.871 e. The number of azo groups is 2. The standard InChI is InChI=1S/2C25H20ClN3O6S.Ba/c2*1-14-11-16(13-21(22(14)26)36(32,33)34)28-29-23-17-8-4-3-7-15(17)12-18(24(23)30)25(31)27-19-9-5-6-10-20(19)35-2;/h2*3-13,30H,1-2H3,(H,27,31)(H,32,33,34);/q;;+2/p-2. The Labute approximate surface area is 468 Å². The number of phenolic OH excluding ortho intramolecular Hbond substituents is 1. The number of carbonyl (C=O) groups is 1. The fourth-order valence-corrected chi connectivity index (χ4v) is 9.25. The van der Waals surface area contributed by atoms with Crippen molar-refractivity contribution >= 4 is 160 Å². The van der Waals surface area contributed by atoms with Gasteiger partial charge in [-0.05, 0) is 108 Å². The molecule has 0 aliphatic carbocycles. The van der Waals surface area contributed by atoms with Crippen LogP contribution in [0.3, 0.4) is 0 Å². The van der Waals surface area contributed by atoms with E-state index in [0.717, 1.165) is 12.1 Å². The largest absolute Gasteiger partial charge is 2.00 e. The number of rotatable bonds is 12. The second-order valence-corrected chi connectivity index (χ2v) is 18.9. The van der Waals surface area contributed by atoms with Crippen molar-refractivity contribution in [3.63, 3.8) is 0 Å². The van der Waals surface area contributed by atoms with E-state index in [1.807, 2.05) is 0 Å². The maximum atomic E-state index is 13.3. The third kappa shape index (κ3) is 12.9. The Morgan fingerprint density at radius 3 is 1.60 bits per heavy atom. The summed E-state index contributed by atoms with van der Waals surface area (Å²) in [6.07, 6.45) is 0. The number of nitrogens with zero attached hydrogens (tertiary/aromatic N) is 5. The zero-order chi connectivity index (χ0) is 52.1. The normalized spacial score (nSPS) is 11.9. The number of hydrogen-bond donors (Lipinski definition) is 4. The van der Waals surface area contributed by atoms with Gasteiger partial charge in [-0.15, -0.1) is 5.11 Å². The molecule has 8 aromatic rings. The summed E-state index contributed by atoms with van der Waals surface area (Å²) in [6.45, 7) is 3.08. The molecule has 0 spiro atoms. The van der Waals surface area contributed by atoms with Gasteiger partial charge in [0, 0.05) is 10.8 Å². The molecule has 0 aliphatic rings. The summed E-state index contributed by atoms with van der Waals surface area (Å²) in [4.78, 5) is 16.1. The average Bonchev–Trinajstić information content (AvgIpc) is 3.34. The summed E-state index contributed by atoms with van der Waals surface area (Å²) >= 11 is 12.0. The maximum Gasteiger partial charge on any atom is 2.00 e. The molecule has 0 saturated carbocycles. The number of ether oxygens (including phenoxy) is 2. The quantitative estimate of drug-likeness (QED) is 0.0292. The number of amides is 1. The first kappa shape index (κ1) is 55.9. The van der Waals surface area contributed by atoms with Gasteiger partial charge in [-0.1, -0.05) is 102 Å². The van der Waals surface area contributed by atoms with Crippen molar-refractivity contribution in [2.45, 2.75) is 23.6 Å². The molecule has 0 unspecified atom stereocenters. The number of fused-ring (bicyclic) bond motifs is 2. The Hall–Kier alpha value is -6.41. The summed E-state index contributed by atoms with van der Waals surface area (Å²) < 4.78 is 76.1. The van der Waals surface area contributed by atoms with Gasteiger partial charge in [0.05, 0.1) is 52.6 Å². The number of nitrogens with one attached hydrogen (secondary N) is 1. The average molecular weight is 1190 g/mol. The fourth-order valence-electron chi connectivity index (χ4n) is 7.13. The molecular formula is C50H38BaCl2N6O12S2. The molecule has 0 saturated heterocycles. The van der Waals surface area contributed by atoms with E-state index in [1.54, 1.807) is 104 Å². The van der Waals surface area contributed by atoms with Gasteiger partial charge in [-0.3, -0.25) is 18.9 Å². The first-order valence-corrected chi connectivity index (χ1v) is 24.5. The second kappa shape index (κ2) is 23.6. The number of para-hydroxylation sites is 4. The number of anilines is 1. The summed E-state index contributed by atoms with van der Waals surface area (Å²) in [5.74, 6) is -1.71. The molecule has 0 atom stereocenters. The molecule has 0 radical (unpaired) electrons. The first-order valence-electron chi connectivity index (χ1n) is 20.9. The topological polar surface area (TPSA) is 284 Å². The molecule has 1 amide bonds. The van der Waals surface area contributed by atoms with E-state index in [9.17, 15) is 46.1 Å². The van der Waals surface area contributed by atoms with E-state index >= 15 is 0 Å². The minimum atomic E-state index is -4.62. The van der Waals surface area contributed by atoms with Gasteiger partial charge in [-0.25, -0.2) is 0 Å². The Morgan fingerprint density at radius 2 is 1.07 bits per heavy atom.